The number of rotatable bonds is 6. The summed E-state index contributed by atoms with van der Waals surface area (Å²) in [6, 6.07) is 6.94. The fourth-order valence-electron chi connectivity index (χ4n) is 3.11. The van der Waals surface area contributed by atoms with Crippen LogP contribution in [0, 0.1) is 27.7 Å². The molecule has 30 heavy (non-hydrogen) atoms. The Balaban J connectivity index is 1.98. The summed E-state index contributed by atoms with van der Waals surface area (Å²) in [5.41, 5.74) is 2.86. The molecular weight excluding hydrogens is 386 g/mol. The molecule has 1 aromatic carbocycles. The topological polar surface area (TPSA) is 100 Å². The third kappa shape index (κ3) is 4.05. The van der Waals surface area contributed by atoms with Gasteiger partial charge in [0.25, 0.3) is 5.56 Å². The highest BCUT2D eigenvalue weighted by Gasteiger charge is 2.19. The number of methoxy groups -OCH3 is 2. The average Bonchev–Trinajstić information content (AvgIpc) is 3.06. The lowest BCUT2D eigenvalue weighted by molar-refractivity contribution is -0.116. The molecule has 0 unspecified atom stereocenters. The van der Waals surface area contributed by atoms with Gasteiger partial charge in [-0.05, 0) is 45.9 Å². The number of ether oxygens (including phenoxy) is 2. The van der Waals surface area contributed by atoms with E-state index in [1.54, 1.807) is 43.8 Å². The van der Waals surface area contributed by atoms with E-state index in [1.807, 2.05) is 19.9 Å². The maximum atomic E-state index is 13.0. The molecule has 3 rings (SSSR count). The first kappa shape index (κ1) is 21.1. The number of carbonyl (C=O) groups is 1. The minimum atomic E-state index is -0.395. The van der Waals surface area contributed by atoms with Crippen molar-refractivity contribution in [1.29, 1.82) is 0 Å². The lowest BCUT2D eigenvalue weighted by Gasteiger charge is -2.16. The van der Waals surface area contributed by atoms with E-state index in [1.165, 1.54) is 11.7 Å². The van der Waals surface area contributed by atoms with Crippen molar-refractivity contribution in [2.75, 3.05) is 19.5 Å². The molecule has 0 spiro atoms. The van der Waals surface area contributed by atoms with Gasteiger partial charge < -0.3 is 14.8 Å². The van der Waals surface area contributed by atoms with Crippen LogP contribution in [0.5, 0.6) is 11.5 Å². The maximum Gasteiger partial charge on any atom is 0.258 e. The van der Waals surface area contributed by atoms with E-state index in [4.69, 9.17) is 9.47 Å². The molecule has 1 amide bonds. The van der Waals surface area contributed by atoms with E-state index in [9.17, 15) is 9.59 Å². The van der Waals surface area contributed by atoms with Crippen LogP contribution in [0.2, 0.25) is 0 Å². The molecular formula is C21H25N5O4. The monoisotopic (exact) mass is 411 g/mol. The van der Waals surface area contributed by atoms with Crippen molar-refractivity contribution in [2.45, 2.75) is 34.2 Å². The molecule has 0 saturated heterocycles. The van der Waals surface area contributed by atoms with Crippen LogP contribution in [-0.4, -0.2) is 39.5 Å². The quantitative estimate of drug-likeness (QED) is 0.668. The highest BCUT2D eigenvalue weighted by Crippen LogP contribution is 2.29. The van der Waals surface area contributed by atoms with Gasteiger partial charge in [-0.1, -0.05) is 0 Å². The number of benzene rings is 1. The van der Waals surface area contributed by atoms with Gasteiger partial charge in [-0.2, -0.15) is 5.10 Å². The smallest absolute Gasteiger partial charge is 0.258 e. The summed E-state index contributed by atoms with van der Waals surface area (Å²) in [6.07, 6.45) is 0. The minimum Gasteiger partial charge on any atom is -0.497 e. The SMILES string of the molecule is COc1ccc(NC(=O)Cn2c(-n3nc(C)cc3C)nc(C)c(C)c2=O)c(OC)c1. The second kappa shape index (κ2) is 8.40. The Labute approximate surface area is 174 Å². The molecule has 2 heterocycles. The molecule has 0 saturated carbocycles. The van der Waals surface area contributed by atoms with E-state index in [0.29, 0.717) is 34.4 Å². The molecule has 1 N–H and O–H groups in total. The number of nitrogens with zero attached hydrogens (tertiary/aromatic N) is 4. The van der Waals surface area contributed by atoms with Crippen molar-refractivity contribution in [3.8, 4) is 17.4 Å². The first-order valence-corrected chi connectivity index (χ1v) is 9.38. The zero-order valence-corrected chi connectivity index (χ0v) is 17.9. The normalized spacial score (nSPS) is 10.7. The van der Waals surface area contributed by atoms with E-state index < -0.39 is 5.91 Å². The molecule has 0 aliphatic heterocycles. The maximum absolute atomic E-state index is 13.0. The second-order valence-corrected chi connectivity index (χ2v) is 6.97. The Bertz CT molecular complexity index is 1160. The largest absolute Gasteiger partial charge is 0.497 e. The molecule has 9 nitrogen and oxygen atoms in total. The zero-order valence-electron chi connectivity index (χ0n) is 17.9. The van der Waals surface area contributed by atoms with Gasteiger partial charge in [0.15, 0.2) is 0 Å². The van der Waals surface area contributed by atoms with E-state index in [0.717, 1.165) is 11.4 Å². The number of anilines is 1. The minimum absolute atomic E-state index is 0.226. The summed E-state index contributed by atoms with van der Waals surface area (Å²) in [5, 5.41) is 7.20. The number of aryl methyl sites for hydroxylation is 3. The molecule has 0 radical (unpaired) electrons. The summed E-state index contributed by atoms with van der Waals surface area (Å²) >= 11 is 0. The molecule has 2 aromatic heterocycles. The molecule has 158 valence electrons. The molecule has 0 aliphatic carbocycles. The number of hydrogen-bond donors (Lipinski definition) is 1. The van der Waals surface area contributed by atoms with Crippen molar-refractivity contribution in [2.24, 2.45) is 0 Å². The van der Waals surface area contributed by atoms with Crippen LogP contribution < -0.4 is 20.3 Å². The highest BCUT2D eigenvalue weighted by atomic mass is 16.5. The van der Waals surface area contributed by atoms with Crippen molar-refractivity contribution in [3.05, 3.63) is 57.3 Å². The molecule has 0 aliphatic rings. The van der Waals surface area contributed by atoms with Gasteiger partial charge in [0.1, 0.15) is 18.0 Å². The van der Waals surface area contributed by atoms with Crippen LogP contribution >= 0.6 is 0 Å². The Hall–Kier alpha value is -3.62. The number of amides is 1. The summed E-state index contributed by atoms with van der Waals surface area (Å²) < 4.78 is 13.4. The fourth-order valence-corrected chi connectivity index (χ4v) is 3.11. The van der Waals surface area contributed by atoms with Gasteiger partial charge in [-0.3, -0.25) is 14.2 Å². The van der Waals surface area contributed by atoms with Crippen LogP contribution in [-0.2, 0) is 11.3 Å². The van der Waals surface area contributed by atoms with Crippen LogP contribution in [0.25, 0.3) is 5.95 Å². The average molecular weight is 411 g/mol. The standard InChI is InChI=1S/C21H25N5O4/c1-12-9-13(2)26(24-12)21-22-15(4)14(3)20(28)25(21)11-19(27)23-17-8-7-16(29-5)10-18(17)30-6/h7-10H,11H2,1-6H3,(H,23,27). The third-order valence-electron chi connectivity index (χ3n) is 4.80. The molecule has 0 bridgehead atoms. The molecule has 0 atom stereocenters. The number of carbonyl (C=O) groups excluding carboxylic acids is 1. The van der Waals surface area contributed by atoms with Crippen LogP contribution in [0.1, 0.15) is 22.6 Å². The molecule has 3 aromatic rings. The van der Waals surface area contributed by atoms with Gasteiger partial charge >= 0.3 is 0 Å². The summed E-state index contributed by atoms with van der Waals surface area (Å²) in [5.74, 6) is 0.956. The summed E-state index contributed by atoms with van der Waals surface area (Å²) in [7, 11) is 3.05. The van der Waals surface area contributed by atoms with Gasteiger partial charge in [0, 0.05) is 23.0 Å². The van der Waals surface area contributed by atoms with Gasteiger partial charge in [-0.15, -0.1) is 0 Å². The first-order valence-electron chi connectivity index (χ1n) is 9.38. The van der Waals surface area contributed by atoms with Crippen molar-refractivity contribution >= 4 is 11.6 Å². The first-order chi connectivity index (χ1) is 14.2. The highest BCUT2D eigenvalue weighted by molar-refractivity contribution is 5.92. The predicted molar refractivity (Wildman–Crippen MR) is 113 cm³/mol. The van der Waals surface area contributed by atoms with Crippen molar-refractivity contribution in [3.63, 3.8) is 0 Å². The molecule has 0 fully saturated rings. The Kier molecular flexibility index (Phi) is 5.91. The zero-order chi connectivity index (χ0) is 22.0. The number of hydrogen-bond acceptors (Lipinski definition) is 6. The number of aromatic nitrogens is 4. The Morgan fingerprint density at radius 3 is 2.43 bits per heavy atom. The summed E-state index contributed by atoms with van der Waals surface area (Å²) in [4.78, 5) is 30.3. The third-order valence-corrected chi connectivity index (χ3v) is 4.80. The van der Waals surface area contributed by atoms with Crippen LogP contribution in [0.3, 0.4) is 0 Å². The fraction of sp³-hybridized carbons (Fsp3) is 0.333. The lowest BCUT2D eigenvalue weighted by atomic mass is 10.2. The number of nitrogens with one attached hydrogen (secondary N) is 1. The Morgan fingerprint density at radius 2 is 1.83 bits per heavy atom. The second-order valence-electron chi connectivity index (χ2n) is 6.97. The van der Waals surface area contributed by atoms with Gasteiger partial charge in [0.05, 0.1) is 25.6 Å². The van der Waals surface area contributed by atoms with Gasteiger partial charge in [-0.25, -0.2) is 9.67 Å². The molecule has 9 heteroatoms. The van der Waals surface area contributed by atoms with E-state index >= 15 is 0 Å². The predicted octanol–water partition coefficient (Wildman–Crippen LogP) is 2.32. The summed E-state index contributed by atoms with van der Waals surface area (Å²) in [6.45, 7) is 6.95. The lowest BCUT2D eigenvalue weighted by Crippen LogP contribution is -2.33. The van der Waals surface area contributed by atoms with Crippen LogP contribution in [0.4, 0.5) is 5.69 Å². The van der Waals surface area contributed by atoms with E-state index in [-0.39, 0.29) is 12.1 Å². The van der Waals surface area contributed by atoms with Crippen LogP contribution in [0.15, 0.2) is 29.1 Å². The van der Waals surface area contributed by atoms with E-state index in [2.05, 4.69) is 15.4 Å². The Morgan fingerprint density at radius 1 is 1.10 bits per heavy atom. The van der Waals surface area contributed by atoms with Crippen molar-refractivity contribution < 1.29 is 14.3 Å². The van der Waals surface area contributed by atoms with Crippen molar-refractivity contribution in [1.82, 2.24) is 19.3 Å². The van der Waals surface area contributed by atoms with Gasteiger partial charge in [0.2, 0.25) is 11.9 Å².